The third kappa shape index (κ3) is 2.59. The summed E-state index contributed by atoms with van der Waals surface area (Å²) in [5.41, 5.74) is 0.674. The van der Waals surface area contributed by atoms with Crippen molar-refractivity contribution in [2.45, 2.75) is 6.54 Å². The molecule has 1 aromatic carbocycles. The number of nitro groups is 1. The smallest absolute Gasteiger partial charge is 0.275 e. The van der Waals surface area contributed by atoms with Crippen LogP contribution in [0.15, 0.2) is 28.9 Å². The molecule has 0 aliphatic carbocycles. The van der Waals surface area contributed by atoms with E-state index < -0.39 is 4.92 Å². The molecule has 0 aliphatic rings. The lowest BCUT2D eigenvalue weighted by Gasteiger charge is -2.03. The normalized spacial score (nSPS) is 10.3. The molecule has 8 heteroatoms. The van der Waals surface area contributed by atoms with Crippen molar-refractivity contribution < 1.29 is 9.72 Å². The van der Waals surface area contributed by atoms with Gasteiger partial charge in [0.1, 0.15) is 5.69 Å². The predicted octanol–water partition coefficient (Wildman–Crippen LogP) is 1.81. The summed E-state index contributed by atoms with van der Waals surface area (Å²) in [6, 6.07) is 4.76. The number of carbonyl (C=O) groups excluding carboxylic acids is 1. The number of carbonyl (C=O) groups is 1. The summed E-state index contributed by atoms with van der Waals surface area (Å²) < 4.78 is 2.00. The molecule has 0 unspecified atom stereocenters. The summed E-state index contributed by atoms with van der Waals surface area (Å²) in [6.45, 7) is 0.185. The minimum atomic E-state index is -0.461. The number of benzene rings is 1. The summed E-state index contributed by atoms with van der Waals surface area (Å²) in [5.74, 6) is 0. The van der Waals surface area contributed by atoms with Crippen molar-refractivity contribution in [2.24, 2.45) is 0 Å². The molecule has 7 nitrogen and oxygen atoms in total. The maximum atomic E-state index is 10.9. The second-order valence-corrected chi connectivity index (χ2v) is 4.40. The van der Waals surface area contributed by atoms with Crippen LogP contribution in [0.3, 0.4) is 0 Å². The highest BCUT2D eigenvalue weighted by Crippen LogP contribution is 2.24. The molecule has 1 aromatic heterocycles. The van der Waals surface area contributed by atoms with Crippen molar-refractivity contribution in [1.82, 2.24) is 15.0 Å². The van der Waals surface area contributed by atoms with E-state index in [9.17, 15) is 14.9 Å². The van der Waals surface area contributed by atoms with E-state index in [1.54, 1.807) is 12.1 Å². The van der Waals surface area contributed by atoms with Crippen molar-refractivity contribution in [3.8, 4) is 0 Å². The van der Waals surface area contributed by atoms with E-state index in [4.69, 9.17) is 0 Å². The van der Waals surface area contributed by atoms with Gasteiger partial charge in [-0.05, 0) is 12.1 Å². The number of rotatable bonds is 4. The highest BCUT2D eigenvalue weighted by molar-refractivity contribution is 9.10. The molecule has 18 heavy (non-hydrogen) atoms. The van der Waals surface area contributed by atoms with Crippen LogP contribution in [0.25, 0.3) is 0 Å². The SMILES string of the molecule is O=Cc1cn(Cc2ccc(Br)cc2[N+](=O)[O-])nn1. The van der Waals surface area contributed by atoms with Gasteiger partial charge in [0.05, 0.1) is 23.2 Å². The minimum Gasteiger partial charge on any atom is -0.296 e. The van der Waals surface area contributed by atoms with E-state index in [-0.39, 0.29) is 17.9 Å². The molecule has 0 N–H and O–H groups in total. The molecule has 0 spiro atoms. The molecule has 92 valence electrons. The Morgan fingerprint density at radius 2 is 2.28 bits per heavy atom. The molecule has 0 saturated carbocycles. The Hall–Kier alpha value is -2.09. The summed E-state index contributed by atoms with van der Waals surface area (Å²) in [4.78, 5) is 20.9. The maximum Gasteiger partial charge on any atom is 0.275 e. The molecule has 2 aromatic rings. The summed E-state index contributed by atoms with van der Waals surface area (Å²) >= 11 is 3.18. The predicted molar refractivity (Wildman–Crippen MR) is 65.3 cm³/mol. The highest BCUT2D eigenvalue weighted by Gasteiger charge is 2.15. The maximum absolute atomic E-state index is 10.9. The van der Waals surface area contributed by atoms with Gasteiger partial charge in [-0.25, -0.2) is 4.68 Å². The first-order chi connectivity index (χ1) is 8.60. The lowest BCUT2D eigenvalue weighted by Crippen LogP contribution is -2.04. The average molecular weight is 311 g/mol. The monoisotopic (exact) mass is 310 g/mol. The van der Waals surface area contributed by atoms with Crippen LogP contribution in [0.1, 0.15) is 16.1 Å². The Bertz CT molecular complexity index is 611. The molecule has 0 saturated heterocycles. The molecule has 0 aliphatic heterocycles. The van der Waals surface area contributed by atoms with Gasteiger partial charge in [-0.2, -0.15) is 0 Å². The summed E-state index contributed by atoms with van der Waals surface area (Å²) in [5, 5.41) is 18.2. The highest BCUT2D eigenvalue weighted by atomic mass is 79.9. The third-order valence-electron chi connectivity index (χ3n) is 2.25. The van der Waals surface area contributed by atoms with Crippen molar-refractivity contribution in [3.63, 3.8) is 0 Å². The lowest BCUT2D eigenvalue weighted by atomic mass is 10.2. The average Bonchev–Trinajstić information content (AvgIpc) is 2.79. The molecule has 0 amide bonds. The van der Waals surface area contributed by atoms with E-state index in [1.165, 1.54) is 16.9 Å². The fraction of sp³-hybridized carbons (Fsp3) is 0.100. The summed E-state index contributed by atoms with van der Waals surface area (Å²) in [7, 11) is 0. The molecule has 0 radical (unpaired) electrons. The van der Waals surface area contributed by atoms with Crippen LogP contribution >= 0.6 is 15.9 Å². The van der Waals surface area contributed by atoms with Crippen molar-refractivity contribution in [2.75, 3.05) is 0 Å². The van der Waals surface area contributed by atoms with Gasteiger partial charge in [0, 0.05) is 10.5 Å². The van der Waals surface area contributed by atoms with Crippen LogP contribution in [0.4, 0.5) is 5.69 Å². The molecule has 1 heterocycles. The Morgan fingerprint density at radius 3 is 2.89 bits per heavy atom. The van der Waals surface area contributed by atoms with Gasteiger partial charge in [0.25, 0.3) is 5.69 Å². The number of aromatic nitrogens is 3. The Balaban J connectivity index is 2.33. The number of hydrogen-bond acceptors (Lipinski definition) is 5. The quantitative estimate of drug-likeness (QED) is 0.488. The Kier molecular flexibility index (Phi) is 3.47. The van der Waals surface area contributed by atoms with Crippen LogP contribution in [0, 0.1) is 10.1 Å². The van der Waals surface area contributed by atoms with Gasteiger partial charge in [-0.1, -0.05) is 21.1 Å². The molecule has 0 atom stereocenters. The van der Waals surface area contributed by atoms with Gasteiger partial charge >= 0.3 is 0 Å². The first kappa shape index (κ1) is 12.4. The van der Waals surface area contributed by atoms with Gasteiger partial charge in [-0.3, -0.25) is 14.9 Å². The fourth-order valence-electron chi connectivity index (χ4n) is 1.46. The fourth-order valence-corrected chi connectivity index (χ4v) is 1.81. The summed E-state index contributed by atoms with van der Waals surface area (Å²) in [6.07, 6.45) is 2.00. The Labute approximate surface area is 110 Å². The topological polar surface area (TPSA) is 90.9 Å². The largest absolute Gasteiger partial charge is 0.296 e. The van der Waals surface area contributed by atoms with E-state index in [1.807, 2.05) is 0 Å². The third-order valence-corrected chi connectivity index (χ3v) is 2.75. The lowest BCUT2D eigenvalue weighted by molar-refractivity contribution is -0.385. The van der Waals surface area contributed by atoms with Gasteiger partial charge in [0.15, 0.2) is 6.29 Å². The second kappa shape index (κ2) is 5.05. The van der Waals surface area contributed by atoms with Crippen LogP contribution < -0.4 is 0 Å². The first-order valence-electron chi connectivity index (χ1n) is 4.88. The van der Waals surface area contributed by atoms with E-state index >= 15 is 0 Å². The zero-order valence-electron chi connectivity index (χ0n) is 8.99. The van der Waals surface area contributed by atoms with Gasteiger partial charge in [0.2, 0.25) is 0 Å². The zero-order valence-corrected chi connectivity index (χ0v) is 10.6. The molecule has 2 rings (SSSR count). The van der Waals surface area contributed by atoms with Crippen LogP contribution in [-0.2, 0) is 6.54 Å². The van der Waals surface area contributed by atoms with E-state index in [0.29, 0.717) is 16.3 Å². The molecule has 0 bridgehead atoms. The second-order valence-electron chi connectivity index (χ2n) is 3.49. The zero-order chi connectivity index (χ0) is 13.1. The van der Waals surface area contributed by atoms with Crippen LogP contribution in [0.5, 0.6) is 0 Å². The van der Waals surface area contributed by atoms with Gasteiger partial charge in [-0.15, -0.1) is 5.10 Å². The van der Waals surface area contributed by atoms with Crippen molar-refractivity contribution >= 4 is 27.9 Å². The molecular weight excluding hydrogens is 304 g/mol. The van der Waals surface area contributed by atoms with E-state index in [2.05, 4.69) is 26.2 Å². The molecular formula is C10H7BrN4O3. The number of nitrogens with zero attached hydrogens (tertiary/aromatic N) is 4. The first-order valence-corrected chi connectivity index (χ1v) is 5.67. The van der Waals surface area contributed by atoms with Crippen LogP contribution in [0.2, 0.25) is 0 Å². The molecule has 0 fully saturated rings. The van der Waals surface area contributed by atoms with Crippen LogP contribution in [-0.4, -0.2) is 26.2 Å². The van der Waals surface area contributed by atoms with E-state index in [0.717, 1.165) is 0 Å². The number of aldehydes is 1. The number of halogens is 1. The minimum absolute atomic E-state index is 0.00692. The van der Waals surface area contributed by atoms with Crippen molar-refractivity contribution in [1.29, 1.82) is 0 Å². The number of hydrogen-bond donors (Lipinski definition) is 0. The standard InChI is InChI=1S/C10H7BrN4O3/c11-8-2-1-7(10(3-8)15(17)18)4-14-5-9(6-16)12-13-14/h1-3,5-6H,4H2. The van der Waals surface area contributed by atoms with Gasteiger partial charge < -0.3 is 0 Å². The van der Waals surface area contributed by atoms with Crippen molar-refractivity contribution in [3.05, 3.63) is 50.2 Å². The number of nitro benzene ring substituents is 1. The Morgan fingerprint density at radius 1 is 1.50 bits per heavy atom.